The van der Waals surface area contributed by atoms with Gasteiger partial charge in [-0.2, -0.15) is 8.42 Å². The first-order chi connectivity index (χ1) is 11.5. The first-order valence-electron chi connectivity index (χ1n) is 9.48. The average molecular weight is 359 g/mol. The van der Waals surface area contributed by atoms with Gasteiger partial charge in [0.15, 0.2) is 0 Å². The number of aromatic nitrogens is 2. The molecule has 0 bridgehead atoms. The molecule has 1 unspecified atom stereocenters. The number of imidazole rings is 1. The van der Waals surface area contributed by atoms with Gasteiger partial charge in [0, 0.05) is 18.9 Å². The Balaban J connectivity index is 2.24. The summed E-state index contributed by atoms with van der Waals surface area (Å²) < 4.78 is 34.1. The van der Waals surface area contributed by atoms with E-state index in [1.54, 1.807) is 19.3 Å². The van der Waals surface area contributed by atoms with Gasteiger partial charge in [-0.15, -0.1) is 0 Å². The minimum Gasteiger partial charge on any atom is -0.334 e. The van der Waals surface area contributed by atoms with Crippen LogP contribution in [0.15, 0.2) is 12.4 Å². The van der Waals surface area contributed by atoms with Crippen molar-refractivity contribution in [1.82, 2.24) is 9.55 Å². The largest absolute Gasteiger partial charge is 0.334 e. The molecule has 0 aliphatic heterocycles. The Morgan fingerprint density at radius 1 is 1.00 bits per heavy atom. The molecule has 5 nitrogen and oxygen atoms in total. The van der Waals surface area contributed by atoms with Gasteiger partial charge < -0.3 is 4.57 Å². The van der Waals surface area contributed by atoms with Crippen molar-refractivity contribution < 1.29 is 13.0 Å². The van der Waals surface area contributed by atoms with E-state index in [9.17, 15) is 13.0 Å². The summed E-state index contributed by atoms with van der Waals surface area (Å²) in [7, 11) is -4.10. The van der Waals surface area contributed by atoms with Crippen LogP contribution in [0.3, 0.4) is 0 Å². The molecule has 0 saturated carbocycles. The number of unbranched alkanes of at least 4 members (excludes halogenated alkanes) is 9. The highest BCUT2D eigenvalue weighted by Gasteiger charge is 2.27. The standard InChI is InChI=1S/C18H34N2O3S/c1-3-5-6-7-8-9-10-11-12-13-15-20-16-14-19-18(20)17(4-2)24(21,22)23/h14,16-17H,3-13,15H2,1-2H3,(H,21,22,23). The predicted octanol–water partition coefficient (Wildman–Crippen LogP) is 5.14. The van der Waals surface area contributed by atoms with E-state index in [0.29, 0.717) is 12.2 Å². The van der Waals surface area contributed by atoms with Crippen molar-refractivity contribution in [3.8, 4) is 0 Å². The normalized spacial score (nSPS) is 13.3. The monoisotopic (exact) mass is 358 g/mol. The lowest BCUT2D eigenvalue weighted by Gasteiger charge is -2.14. The highest BCUT2D eigenvalue weighted by molar-refractivity contribution is 7.86. The fourth-order valence-electron chi connectivity index (χ4n) is 3.09. The van der Waals surface area contributed by atoms with Crippen LogP contribution in [-0.2, 0) is 16.7 Å². The molecule has 0 aliphatic carbocycles. The fraction of sp³-hybridized carbons (Fsp3) is 0.833. The van der Waals surface area contributed by atoms with Crippen molar-refractivity contribution in [3.05, 3.63) is 18.2 Å². The molecule has 24 heavy (non-hydrogen) atoms. The minimum atomic E-state index is -4.10. The summed E-state index contributed by atoms with van der Waals surface area (Å²) in [5.74, 6) is 0.455. The molecule has 6 heteroatoms. The zero-order valence-corrected chi connectivity index (χ0v) is 16.1. The van der Waals surface area contributed by atoms with Crippen LogP contribution in [0.4, 0.5) is 0 Å². The zero-order chi connectivity index (χ0) is 17.8. The number of nitrogens with zero attached hydrogens (tertiary/aromatic N) is 2. The van der Waals surface area contributed by atoms with E-state index >= 15 is 0 Å². The summed E-state index contributed by atoms with van der Waals surface area (Å²) >= 11 is 0. The summed E-state index contributed by atoms with van der Waals surface area (Å²) in [6.45, 7) is 4.75. The molecule has 0 aliphatic rings. The Labute approximate surface area is 147 Å². The molecular formula is C18H34N2O3S. The number of hydrogen-bond acceptors (Lipinski definition) is 3. The Morgan fingerprint density at radius 3 is 2.04 bits per heavy atom. The van der Waals surface area contributed by atoms with Crippen LogP contribution in [0.5, 0.6) is 0 Å². The molecule has 1 atom stereocenters. The number of aryl methyl sites for hydroxylation is 1. The van der Waals surface area contributed by atoms with Crippen LogP contribution in [-0.4, -0.2) is 22.5 Å². The second-order valence-electron chi connectivity index (χ2n) is 6.57. The summed E-state index contributed by atoms with van der Waals surface area (Å²) in [5.41, 5.74) is 0. The maximum atomic E-state index is 11.5. The topological polar surface area (TPSA) is 72.2 Å². The highest BCUT2D eigenvalue weighted by atomic mass is 32.2. The molecule has 0 aromatic carbocycles. The van der Waals surface area contributed by atoms with Crippen LogP contribution in [0, 0.1) is 0 Å². The SMILES string of the molecule is CCCCCCCCCCCCn1ccnc1C(CC)S(=O)(=O)O. The smallest absolute Gasteiger partial charge is 0.275 e. The summed E-state index contributed by atoms with van der Waals surface area (Å²) in [6, 6.07) is 0. The maximum absolute atomic E-state index is 11.5. The van der Waals surface area contributed by atoms with Crippen molar-refractivity contribution in [2.24, 2.45) is 0 Å². The third-order valence-corrected chi connectivity index (χ3v) is 5.78. The van der Waals surface area contributed by atoms with Gasteiger partial charge in [-0.3, -0.25) is 4.55 Å². The van der Waals surface area contributed by atoms with Crippen molar-refractivity contribution in [1.29, 1.82) is 0 Å². The van der Waals surface area contributed by atoms with Gasteiger partial charge in [-0.1, -0.05) is 71.6 Å². The molecule has 0 fully saturated rings. The Bertz CT molecular complexity index is 540. The lowest BCUT2D eigenvalue weighted by molar-refractivity contribution is 0.457. The number of hydrogen-bond donors (Lipinski definition) is 1. The first kappa shape index (κ1) is 21.2. The maximum Gasteiger partial charge on any atom is 0.275 e. The van der Waals surface area contributed by atoms with Gasteiger partial charge in [-0.25, -0.2) is 4.98 Å². The van der Waals surface area contributed by atoms with Gasteiger partial charge in [0.05, 0.1) is 0 Å². The third kappa shape index (κ3) is 7.79. The summed E-state index contributed by atoms with van der Waals surface area (Å²) in [6.07, 6.45) is 16.5. The molecular weight excluding hydrogens is 324 g/mol. The van der Waals surface area contributed by atoms with Gasteiger partial charge in [-0.05, 0) is 12.8 Å². The molecule has 1 aromatic rings. The fourth-order valence-corrected chi connectivity index (χ4v) is 3.98. The van der Waals surface area contributed by atoms with Crippen molar-refractivity contribution >= 4 is 10.1 Å². The van der Waals surface area contributed by atoms with Crippen LogP contribution in [0.1, 0.15) is 95.6 Å². The lowest BCUT2D eigenvalue weighted by atomic mass is 10.1. The minimum absolute atomic E-state index is 0.327. The van der Waals surface area contributed by atoms with Crippen LogP contribution >= 0.6 is 0 Å². The van der Waals surface area contributed by atoms with Crippen molar-refractivity contribution in [2.75, 3.05) is 0 Å². The number of rotatable bonds is 14. The van der Waals surface area contributed by atoms with Crippen molar-refractivity contribution in [2.45, 2.75) is 96.3 Å². The van der Waals surface area contributed by atoms with E-state index in [1.165, 1.54) is 51.4 Å². The Kier molecular flexibility index (Phi) is 10.3. The second kappa shape index (κ2) is 11.6. The van der Waals surface area contributed by atoms with Crippen LogP contribution < -0.4 is 0 Å². The Morgan fingerprint density at radius 2 is 1.54 bits per heavy atom. The molecule has 1 N–H and O–H groups in total. The van der Waals surface area contributed by atoms with Gasteiger partial charge >= 0.3 is 0 Å². The molecule has 140 valence electrons. The highest BCUT2D eigenvalue weighted by Crippen LogP contribution is 2.23. The zero-order valence-electron chi connectivity index (χ0n) is 15.3. The van der Waals surface area contributed by atoms with E-state index in [2.05, 4.69) is 11.9 Å². The Hall–Kier alpha value is -0.880. The molecule has 1 heterocycles. The molecule has 1 rings (SSSR count). The predicted molar refractivity (Wildman–Crippen MR) is 98.7 cm³/mol. The van der Waals surface area contributed by atoms with E-state index in [1.807, 2.05) is 4.57 Å². The quantitative estimate of drug-likeness (QED) is 0.369. The molecule has 0 radical (unpaired) electrons. The third-order valence-electron chi connectivity index (χ3n) is 4.52. The van der Waals surface area contributed by atoms with Crippen molar-refractivity contribution in [3.63, 3.8) is 0 Å². The summed E-state index contributed by atoms with van der Waals surface area (Å²) in [5, 5.41) is -0.921. The second-order valence-corrected chi connectivity index (χ2v) is 8.17. The van der Waals surface area contributed by atoms with E-state index in [0.717, 1.165) is 19.4 Å². The van der Waals surface area contributed by atoms with Crippen LogP contribution in [0.25, 0.3) is 0 Å². The summed E-state index contributed by atoms with van der Waals surface area (Å²) in [4.78, 5) is 4.14. The molecule has 1 aromatic heterocycles. The van der Waals surface area contributed by atoms with E-state index in [-0.39, 0.29) is 0 Å². The molecule has 0 spiro atoms. The van der Waals surface area contributed by atoms with Gasteiger partial charge in [0.25, 0.3) is 10.1 Å². The first-order valence-corrected chi connectivity index (χ1v) is 11.0. The lowest BCUT2D eigenvalue weighted by Crippen LogP contribution is -2.17. The van der Waals surface area contributed by atoms with E-state index in [4.69, 9.17) is 0 Å². The van der Waals surface area contributed by atoms with Gasteiger partial charge in [0.2, 0.25) is 0 Å². The molecule has 0 amide bonds. The van der Waals surface area contributed by atoms with Gasteiger partial charge in [0.1, 0.15) is 11.1 Å². The average Bonchev–Trinajstić information content (AvgIpc) is 2.96. The van der Waals surface area contributed by atoms with E-state index < -0.39 is 15.4 Å². The molecule has 0 saturated heterocycles. The van der Waals surface area contributed by atoms with Crippen LogP contribution in [0.2, 0.25) is 0 Å².